The fourth-order valence-corrected chi connectivity index (χ4v) is 1.39. The molecule has 0 saturated heterocycles. The van der Waals surface area contributed by atoms with Gasteiger partial charge in [0.25, 0.3) is 0 Å². The van der Waals surface area contributed by atoms with Gasteiger partial charge in [-0.25, -0.2) is 18.7 Å². The third-order valence-corrected chi connectivity index (χ3v) is 2.15. The smallest absolute Gasteiger partial charge is 0.228 e. The molecule has 1 aromatic heterocycles. The maximum absolute atomic E-state index is 13.4. The number of halogens is 2. The van der Waals surface area contributed by atoms with Gasteiger partial charge in [0.15, 0.2) is 0 Å². The normalized spacial score (nSPS) is 9.89. The highest BCUT2D eigenvalue weighted by atomic mass is 19.1. The molecule has 0 unspecified atom stereocenters. The van der Waals surface area contributed by atoms with E-state index in [-0.39, 0.29) is 17.3 Å². The molecule has 1 N–H and O–H groups in total. The minimum Gasteiger partial charge on any atom is -0.322 e. The maximum Gasteiger partial charge on any atom is 0.228 e. The van der Waals surface area contributed by atoms with Crippen molar-refractivity contribution in [1.82, 2.24) is 9.97 Å². The lowest BCUT2D eigenvalue weighted by Gasteiger charge is -2.06. The number of aryl methyl sites for hydroxylation is 1. The predicted molar refractivity (Wildman–Crippen MR) is 61.1 cm³/mol. The van der Waals surface area contributed by atoms with Crippen LogP contribution in [0.1, 0.15) is 11.4 Å². The molecule has 0 fully saturated rings. The molecule has 6 heteroatoms. The summed E-state index contributed by atoms with van der Waals surface area (Å²) in [7, 11) is 0. The second kappa shape index (κ2) is 4.75. The minimum absolute atomic E-state index is 0.0471. The summed E-state index contributed by atoms with van der Waals surface area (Å²) in [5, 5.41) is 11.4. The standard InChI is InChI=1S/C12H8F2N4/c1-7-4-9(6-15)17-12(16-7)18-11-3-2-8(13)5-10(11)14/h2-5H,1H3,(H,16,17,18). The molecular weight excluding hydrogens is 238 g/mol. The van der Waals surface area contributed by atoms with E-state index in [2.05, 4.69) is 15.3 Å². The molecular formula is C12H8F2N4. The largest absolute Gasteiger partial charge is 0.322 e. The summed E-state index contributed by atoms with van der Waals surface area (Å²) in [6, 6.07) is 6.49. The molecule has 2 aromatic rings. The van der Waals surface area contributed by atoms with Gasteiger partial charge in [-0.05, 0) is 25.1 Å². The fraction of sp³-hybridized carbons (Fsp3) is 0.0833. The average molecular weight is 246 g/mol. The molecule has 0 aliphatic carbocycles. The molecule has 90 valence electrons. The molecule has 0 saturated carbocycles. The van der Waals surface area contributed by atoms with Crippen molar-refractivity contribution in [3.05, 3.63) is 47.3 Å². The van der Waals surface area contributed by atoms with Crippen LogP contribution in [0.25, 0.3) is 0 Å². The topological polar surface area (TPSA) is 61.6 Å². The van der Waals surface area contributed by atoms with E-state index >= 15 is 0 Å². The molecule has 0 atom stereocenters. The zero-order chi connectivity index (χ0) is 13.1. The Morgan fingerprint density at radius 2 is 2.00 bits per heavy atom. The number of anilines is 2. The second-order valence-corrected chi connectivity index (χ2v) is 3.58. The molecule has 18 heavy (non-hydrogen) atoms. The molecule has 0 amide bonds. The van der Waals surface area contributed by atoms with E-state index in [1.165, 1.54) is 12.1 Å². The Kier molecular flexibility index (Phi) is 3.15. The van der Waals surface area contributed by atoms with Crippen molar-refractivity contribution < 1.29 is 8.78 Å². The molecule has 0 aliphatic heterocycles. The molecule has 0 aliphatic rings. The quantitative estimate of drug-likeness (QED) is 0.884. The third kappa shape index (κ3) is 2.58. The first-order valence-corrected chi connectivity index (χ1v) is 5.06. The summed E-state index contributed by atoms with van der Waals surface area (Å²) in [5.74, 6) is -1.32. The second-order valence-electron chi connectivity index (χ2n) is 3.58. The Morgan fingerprint density at radius 3 is 2.67 bits per heavy atom. The lowest BCUT2D eigenvalue weighted by Crippen LogP contribution is -2.02. The summed E-state index contributed by atoms with van der Waals surface area (Å²) in [5.41, 5.74) is 0.796. The van der Waals surface area contributed by atoms with Crippen LogP contribution in [0.2, 0.25) is 0 Å². The van der Waals surface area contributed by atoms with E-state index < -0.39 is 11.6 Å². The number of rotatable bonds is 2. The number of nitriles is 1. The lowest BCUT2D eigenvalue weighted by molar-refractivity contribution is 0.586. The van der Waals surface area contributed by atoms with Gasteiger partial charge >= 0.3 is 0 Å². The van der Waals surface area contributed by atoms with Crippen LogP contribution < -0.4 is 5.32 Å². The van der Waals surface area contributed by atoms with Crippen LogP contribution in [0, 0.1) is 29.9 Å². The van der Waals surface area contributed by atoms with Crippen LogP contribution in [0.3, 0.4) is 0 Å². The van der Waals surface area contributed by atoms with Gasteiger partial charge in [0.05, 0.1) is 5.69 Å². The van der Waals surface area contributed by atoms with Crippen LogP contribution in [-0.4, -0.2) is 9.97 Å². The fourth-order valence-electron chi connectivity index (χ4n) is 1.39. The van der Waals surface area contributed by atoms with Gasteiger partial charge in [0.1, 0.15) is 23.4 Å². The SMILES string of the molecule is Cc1cc(C#N)nc(Nc2ccc(F)cc2F)n1. The van der Waals surface area contributed by atoms with Crippen molar-refractivity contribution >= 4 is 11.6 Å². The van der Waals surface area contributed by atoms with E-state index in [4.69, 9.17) is 5.26 Å². The summed E-state index contributed by atoms with van der Waals surface area (Å²) in [6.45, 7) is 1.69. The number of aromatic nitrogens is 2. The molecule has 1 heterocycles. The van der Waals surface area contributed by atoms with Crippen molar-refractivity contribution in [2.24, 2.45) is 0 Å². The van der Waals surface area contributed by atoms with Gasteiger partial charge in [-0.1, -0.05) is 0 Å². The van der Waals surface area contributed by atoms with Gasteiger partial charge in [-0.3, -0.25) is 0 Å². The first kappa shape index (κ1) is 11.9. The third-order valence-electron chi connectivity index (χ3n) is 2.15. The Balaban J connectivity index is 2.34. The summed E-state index contributed by atoms with van der Waals surface area (Å²) in [4.78, 5) is 7.87. The molecule has 4 nitrogen and oxygen atoms in total. The van der Waals surface area contributed by atoms with Crippen molar-refractivity contribution in [2.45, 2.75) is 6.92 Å². The van der Waals surface area contributed by atoms with Gasteiger partial charge in [-0.2, -0.15) is 5.26 Å². The van der Waals surface area contributed by atoms with E-state index in [0.717, 1.165) is 12.1 Å². The Morgan fingerprint density at radius 1 is 1.22 bits per heavy atom. The van der Waals surface area contributed by atoms with E-state index in [9.17, 15) is 8.78 Å². The number of nitrogens with zero attached hydrogens (tertiary/aromatic N) is 3. The molecule has 0 radical (unpaired) electrons. The van der Waals surface area contributed by atoms with E-state index in [0.29, 0.717) is 5.69 Å². The molecule has 0 bridgehead atoms. The average Bonchev–Trinajstić information content (AvgIpc) is 2.32. The first-order chi connectivity index (χ1) is 8.58. The van der Waals surface area contributed by atoms with Crippen LogP contribution >= 0.6 is 0 Å². The zero-order valence-electron chi connectivity index (χ0n) is 9.41. The Labute approximate surface area is 102 Å². The summed E-state index contributed by atoms with van der Waals surface area (Å²) >= 11 is 0. The predicted octanol–water partition coefficient (Wildman–Crippen LogP) is 2.68. The number of nitrogens with one attached hydrogen (secondary N) is 1. The zero-order valence-corrected chi connectivity index (χ0v) is 9.41. The molecule has 0 spiro atoms. The number of hydrogen-bond donors (Lipinski definition) is 1. The van der Waals surface area contributed by atoms with Crippen molar-refractivity contribution in [2.75, 3.05) is 5.32 Å². The highest BCUT2D eigenvalue weighted by Gasteiger charge is 2.07. The van der Waals surface area contributed by atoms with Crippen LogP contribution in [0.4, 0.5) is 20.4 Å². The Hall–Kier alpha value is -2.55. The Bertz CT molecular complexity index is 634. The van der Waals surface area contributed by atoms with Crippen molar-refractivity contribution in [3.8, 4) is 6.07 Å². The van der Waals surface area contributed by atoms with E-state index in [1.54, 1.807) is 6.92 Å². The van der Waals surface area contributed by atoms with Crippen LogP contribution in [-0.2, 0) is 0 Å². The van der Waals surface area contributed by atoms with Crippen molar-refractivity contribution in [1.29, 1.82) is 5.26 Å². The van der Waals surface area contributed by atoms with Crippen molar-refractivity contribution in [3.63, 3.8) is 0 Å². The number of benzene rings is 1. The summed E-state index contributed by atoms with van der Waals surface area (Å²) in [6.07, 6.45) is 0. The first-order valence-electron chi connectivity index (χ1n) is 5.06. The van der Waals surface area contributed by atoms with Gasteiger partial charge in [0, 0.05) is 11.8 Å². The monoisotopic (exact) mass is 246 g/mol. The highest BCUT2D eigenvalue weighted by Crippen LogP contribution is 2.18. The highest BCUT2D eigenvalue weighted by molar-refractivity contribution is 5.54. The molecule has 2 rings (SSSR count). The summed E-state index contributed by atoms with van der Waals surface area (Å²) < 4.78 is 26.1. The lowest BCUT2D eigenvalue weighted by atomic mass is 10.3. The van der Waals surface area contributed by atoms with Gasteiger partial charge in [0.2, 0.25) is 5.95 Å². The van der Waals surface area contributed by atoms with Gasteiger partial charge in [-0.15, -0.1) is 0 Å². The minimum atomic E-state index is -0.751. The van der Waals surface area contributed by atoms with E-state index in [1.807, 2.05) is 6.07 Å². The maximum atomic E-state index is 13.4. The van der Waals surface area contributed by atoms with Crippen LogP contribution in [0.15, 0.2) is 24.3 Å². The van der Waals surface area contributed by atoms with Crippen LogP contribution in [0.5, 0.6) is 0 Å². The molecule has 1 aromatic carbocycles. The van der Waals surface area contributed by atoms with Gasteiger partial charge < -0.3 is 5.32 Å². The number of hydrogen-bond acceptors (Lipinski definition) is 4.